The van der Waals surface area contributed by atoms with E-state index in [1.54, 1.807) is 0 Å². The molecule has 0 aliphatic heterocycles. The fourth-order valence-electron chi connectivity index (χ4n) is 1.07. The Balaban J connectivity index is 2.23. The Morgan fingerprint density at radius 1 is 1.50 bits per heavy atom. The molecule has 0 aromatic carbocycles. The average Bonchev–Trinajstić information content (AvgIpc) is 2.61. The van der Waals surface area contributed by atoms with Gasteiger partial charge in [-0.1, -0.05) is 23.4 Å². The molecule has 0 unspecified atom stereocenters. The number of nitrogens with one attached hydrogen (secondary N) is 1. The van der Waals surface area contributed by atoms with Crippen molar-refractivity contribution in [3.8, 4) is 11.8 Å². The number of alkyl carbamates (subject to hydrolysis) is 1. The molecule has 0 saturated carbocycles. The Labute approximate surface area is 116 Å². The monoisotopic (exact) mass is 285 g/mol. The van der Waals surface area contributed by atoms with Crippen molar-refractivity contribution in [2.45, 2.75) is 32.8 Å². The maximum atomic E-state index is 11.3. The molecule has 0 saturated heterocycles. The fourth-order valence-corrected chi connectivity index (χ4v) is 1.99. The summed E-state index contributed by atoms with van der Waals surface area (Å²) in [4.78, 5) is 12.2. The minimum atomic E-state index is -0.469. The Hall–Kier alpha value is -1.18. The normalized spacial score (nSPS) is 10.4. The zero-order chi connectivity index (χ0) is 13.6. The number of rotatable bonds is 2. The van der Waals surface area contributed by atoms with Gasteiger partial charge < -0.3 is 10.1 Å². The third kappa shape index (κ3) is 6.53. The van der Waals surface area contributed by atoms with Gasteiger partial charge in [0, 0.05) is 13.0 Å². The molecule has 18 heavy (non-hydrogen) atoms. The second-order valence-electron chi connectivity index (χ2n) is 4.58. The Morgan fingerprint density at radius 3 is 2.78 bits per heavy atom. The van der Waals surface area contributed by atoms with Crippen LogP contribution in [0.3, 0.4) is 0 Å². The maximum Gasteiger partial charge on any atom is 0.407 e. The summed E-state index contributed by atoms with van der Waals surface area (Å²) in [5.74, 6) is 5.94. The quantitative estimate of drug-likeness (QED) is 0.665. The number of hydrogen-bond donors (Lipinski definition) is 1. The molecule has 0 spiro atoms. The summed E-state index contributed by atoms with van der Waals surface area (Å²) >= 11 is 7.22. The summed E-state index contributed by atoms with van der Waals surface area (Å²) in [5, 5.41) is 2.64. The van der Waals surface area contributed by atoms with E-state index < -0.39 is 11.7 Å². The number of ether oxygens (including phenoxy) is 1. The van der Waals surface area contributed by atoms with Gasteiger partial charge in [0.1, 0.15) is 5.60 Å². The molecule has 1 rings (SSSR count). The van der Waals surface area contributed by atoms with Crippen molar-refractivity contribution in [2.24, 2.45) is 0 Å². The highest BCUT2D eigenvalue weighted by Crippen LogP contribution is 2.20. The number of amides is 1. The van der Waals surface area contributed by atoms with Crippen LogP contribution in [-0.4, -0.2) is 18.2 Å². The molecule has 0 aliphatic rings. The first-order valence-corrected chi connectivity index (χ1v) is 6.77. The molecule has 5 heteroatoms. The van der Waals surface area contributed by atoms with E-state index in [1.807, 2.05) is 32.9 Å². The van der Waals surface area contributed by atoms with E-state index in [1.165, 1.54) is 11.3 Å². The zero-order valence-corrected chi connectivity index (χ0v) is 12.2. The second-order valence-corrected chi connectivity index (χ2v) is 6.30. The number of halogens is 1. The van der Waals surface area contributed by atoms with Gasteiger partial charge in [0.25, 0.3) is 0 Å². The van der Waals surface area contributed by atoms with Crippen molar-refractivity contribution in [2.75, 3.05) is 6.54 Å². The molecule has 0 bridgehead atoms. The lowest BCUT2D eigenvalue weighted by Crippen LogP contribution is -2.32. The molecule has 98 valence electrons. The molecule has 0 radical (unpaired) electrons. The van der Waals surface area contributed by atoms with Crippen LogP contribution in [0.15, 0.2) is 12.1 Å². The van der Waals surface area contributed by atoms with E-state index in [4.69, 9.17) is 16.3 Å². The summed E-state index contributed by atoms with van der Waals surface area (Å²) in [6.45, 7) is 5.95. The van der Waals surface area contributed by atoms with Crippen LogP contribution < -0.4 is 5.32 Å². The smallest absolute Gasteiger partial charge is 0.407 e. The molecule has 0 atom stereocenters. The van der Waals surface area contributed by atoms with Crippen LogP contribution in [0.25, 0.3) is 0 Å². The van der Waals surface area contributed by atoms with Gasteiger partial charge in [0.05, 0.1) is 9.21 Å². The Morgan fingerprint density at radius 2 is 2.22 bits per heavy atom. The van der Waals surface area contributed by atoms with E-state index in [9.17, 15) is 4.79 Å². The van der Waals surface area contributed by atoms with Gasteiger partial charge >= 0.3 is 6.09 Å². The lowest BCUT2D eigenvalue weighted by Gasteiger charge is -2.19. The van der Waals surface area contributed by atoms with Crippen molar-refractivity contribution in [3.63, 3.8) is 0 Å². The van der Waals surface area contributed by atoms with Crippen molar-refractivity contribution in [1.82, 2.24) is 5.32 Å². The highest BCUT2D eigenvalue weighted by atomic mass is 35.5. The molecule has 1 aromatic heterocycles. The van der Waals surface area contributed by atoms with Gasteiger partial charge in [-0.15, -0.1) is 11.3 Å². The fraction of sp³-hybridized carbons (Fsp3) is 0.462. The van der Waals surface area contributed by atoms with Gasteiger partial charge in [-0.05, 0) is 32.9 Å². The predicted octanol–water partition coefficient (Wildman–Crippen LogP) is 3.67. The molecule has 3 nitrogen and oxygen atoms in total. The van der Waals surface area contributed by atoms with Crippen LogP contribution in [0.1, 0.15) is 32.1 Å². The summed E-state index contributed by atoms with van der Waals surface area (Å²) in [7, 11) is 0. The summed E-state index contributed by atoms with van der Waals surface area (Å²) < 4.78 is 5.82. The number of thiophene rings is 1. The van der Waals surface area contributed by atoms with E-state index in [2.05, 4.69) is 17.2 Å². The van der Waals surface area contributed by atoms with Gasteiger partial charge in [-0.3, -0.25) is 0 Å². The first kappa shape index (κ1) is 14.9. The molecule has 1 aromatic rings. The average molecular weight is 286 g/mol. The zero-order valence-electron chi connectivity index (χ0n) is 10.7. The van der Waals surface area contributed by atoms with Crippen LogP contribution in [0.5, 0.6) is 0 Å². The predicted molar refractivity (Wildman–Crippen MR) is 75.1 cm³/mol. The highest BCUT2D eigenvalue weighted by Gasteiger charge is 2.15. The van der Waals surface area contributed by atoms with Crippen LogP contribution in [0.2, 0.25) is 4.34 Å². The first-order chi connectivity index (χ1) is 8.37. The van der Waals surface area contributed by atoms with Gasteiger partial charge in [0.2, 0.25) is 0 Å². The molecule has 1 heterocycles. The van der Waals surface area contributed by atoms with Crippen LogP contribution >= 0.6 is 22.9 Å². The molecular weight excluding hydrogens is 270 g/mol. The van der Waals surface area contributed by atoms with Crippen molar-refractivity contribution in [1.29, 1.82) is 0 Å². The molecule has 1 amide bonds. The minimum Gasteiger partial charge on any atom is -0.444 e. The number of carbonyl (C=O) groups is 1. The number of carbonyl (C=O) groups excluding carboxylic acids is 1. The third-order valence-electron chi connectivity index (χ3n) is 1.70. The Bertz CT molecular complexity index is 465. The largest absolute Gasteiger partial charge is 0.444 e. The van der Waals surface area contributed by atoms with Crippen LogP contribution in [0, 0.1) is 11.8 Å². The van der Waals surface area contributed by atoms with Gasteiger partial charge in [0.15, 0.2) is 0 Å². The lowest BCUT2D eigenvalue weighted by atomic mass is 10.2. The third-order valence-corrected chi connectivity index (χ3v) is 2.85. The standard InChI is InChI=1S/C13H16ClNO2S/c1-13(2,3)17-12(16)15-9-5-4-6-10-7-8-11(14)18-10/h7-8H,5,9H2,1-3H3,(H,15,16). The molecule has 1 N–H and O–H groups in total. The summed E-state index contributed by atoms with van der Waals surface area (Å²) in [5.41, 5.74) is -0.469. The van der Waals surface area contributed by atoms with E-state index >= 15 is 0 Å². The molecular formula is C13H16ClNO2S. The van der Waals surface area contributed by atoms with Crippen molar-refractivity contribution >= 4 is 29.0 Å². The Kier molecular flexibility index (Phi) is 5.52. The summed E-state index contributed by atoms with van der Waals surface area (Å²) in [6.07, 6.45) is 0.165. The summed E-state index contributed by atoms with van der Waals surface area (Å²) in [6, 6.07) is 3.69. The molecule has 0 aliphatic carbocycles. The lowest BCUT2D eigenvalue weighted by molar-refractivity contribution is 0.0529. The van der Waals surface area contributed by atoms with Crippen LogP contribution in [-0.2, 0) is 4.74 Å². The van der Waals surface area contributed by atoms with Crippen molar-refractivity contribution < 1.29 is 9.53 Å². The van der Waals surface area contributed by atoms with Crippen molar-refractivity contribution in [3.05, 3.63) is 21.3 Å². The SMILES string of the molecule is CC(C)(C)OC(=O)NCCC#Cc1ccc(Cl)s1. The molecule has 0 fully saturated rings. The van der Waals surface area contributed by atoms with Gasteiger partial charge in [-0.2, -0.15) is 0 Å². The van der Waals surface area contributed by atoms with Gasteiger partial charge in [-0.25, -0.2) is 4.79 Å². The van der Waals surface area contributed by atoms with E-state index in [0.29, 0.717) is 13.0 Å². The van der Waals surface area contributed by atoms with E-state index in [-0.39, 0.29) is 0 Å². The second kappa shape index (κ2) is 6.67. The first-order valence-electron chi connectivity index (χ1n) is 5.58. The number of hydrogen-bond acceptors (Lipinski definition) is 3. The van der Waals surface area contributed by atoms with Crippen LogP contribution in [0.4, 0.5) is 4.79 Å². The van der Waals surface area contributed by atoms with E-state index in [0.717, 1.165) is 9.21 Å². The highest BCUT2D eigenvalue weighted by molar-refractivity contribution is 7.16. The maximum absolute atomic E-state index is 11.3. The topological polar surface area (TPSA) is 38.3 Å². The minimum absolute atomic E-state index is 0.413.